The van der Waals surface area contributed by atoms with Crippen molar-refractivity contribution in [2.75, 3.05) is 13.1 Å². The molecule has 3 heterocycles. The minimum atomic E-state index is -0.473. The molecule has 6 heteroatoms. The van der Waals surface area contributed by atoms with E-state index in [1.54, 1.807) is 6.20 Å². The molecule has 1 saturated heterocycles. The highest BCUT2D eigenvalue weighted by atomic mass is 16.5. The van der Waals surface area contributed by atoms with Crippen LogP contribution in [-0.4, -0.2) is 45.1 Å². The molecule has 146 valence electrons. The van der Waals surface area contributed by atoms with Crippen LogP contribution in [0.1, 0.15) is 48.9 Å². The summed E-state index contributed by atoms with van der Waals surface area (Å²) in [7, 11) is 0. The summed E-state index contributed by atoms with van der Waals surface area (Å²) in [6.07, 6.45) is 8.31. The van der Waals surface area contributed by atoms with Gasteiger partial charge >= 0.3 is 0 Å². The van der Waals surface area contributed by atoms with Gasteiger partial charge in [0.15, 0.2) is 5.78 Å². The van der Waals surface area contributed by atoms with Gasteiger partial charge in [-0.25, -0.2) is 0 Å². The second kappa shape index (κ2) is 6.47. The number of carbonyl (C=O) groups excluding carboxylic acids is 2. The van der Waals surface area contributed by atoms with Crippen molar-refractivity contribution in [3.63, 3.8) is 0 Å². The number of para-hydroxylation sites is 1. The SMILES string of the molecule is O=C1CC2(CCCN(C(=O)C3(Cn4cccn4)CC3)CC2)Oc2ccccc21. The number of benzene rings is 1. The average Bonchev–Trinajstić information content (AvgIpc) is 3.35. The zero-order chi connectivity index (χ0) is 19.2. The molecule has 3 aliphatic rings. The molecule has 28 heavy (non-hydrogen) atoms. The van der Waals surface area contributed by atoms with Gasteiger partial charge in [-0.3, -0.25) is 14.3 Å². The molecule has 1 atom stereocenters. The Morgan fingerprint density at radius 1 is 1.11 bits per heavy atom. The van der Waals surface area contributed by atoms with Crippen molar-refractivity contribution in [3.8, 4) is 5.75 Å². The number of carbonyl (C=O) groups is 2. The predicted molar refractivity (Wildman–Crippen MR) is 103 cm³/mol. The van der Waals surface area contributed by atoms with Crippen molar-refractivity contribution >= 4 is 11.7 Å². The number of aromatic nitrogens is 2. The van der Waals surface area contributed by atoms with E-state index in [0.29, 0.717) is 37.2 Å². The largest absolute Gasteiger partial charge is 0.486 e. The van der Waals surface area contributed by atoms with Crippen molar-refractivity contribution in [3.05, 3.63) is 48.3 Å². The Hall–Kier alpha value is -2.63. The van der Waals surface area contributed by atoms with E-state index in [4.69, 9.17) is 4.74 Å². The van der Waals surface area contributed by atoms with Crippen LogP contribution in [-0.2, 0) is 11.3 Å². The fourth-order valence-corrected chi connectivity index (χ4v) is 4.72. The molecule has 0 radical (unpaired) electrons. The van der Waals surface area contributed by atoms with Crippen LogP contribution in [0.2, 0.25) is 0 Å². The smallest absolute Gasteiger partial charge is 0.230 e. The Bertz CT molecular complexity index is 904. The van der Waals surface area contributed by atoms with Crippen molar-refractivity contribution in [2.24, 2.45) is 5.41 Å². The molecule has 1 aromatic carbocycles. The lowest BCUT2D eigenvalue weighted by atomic mass is 9.84. The molecule has 2 aromatic rings. The van der Waals surface area contributed by atoms with Gasteiger partial charge in [-0.1, -0.05) is 12.1 Å². The van der Waals surface area contributed by atoms with E-state index in [1.165, 1.54) is 0 Å². The Balaban J connectivity index is 1.30. The first-order chi connectivity index (χ1) is 13.6. The molecule has 2 fully saturated rings. The normalized spacial score (nSPS) is 25.7. The van der Waals surface area contributed by atoms with E-state index in [9.17, 15) is 9.59 Å². The number of ketones is 1. The number of fused-ring (bicyclic) bond motifs is 1. The molecule has 2 aliphatic heterocycles. The van der Waals surface area contributed by atoms with Crippen molar-refractivity contribution < 1.29 is 14.3 Å². The Kier molecular flexibility index (Phi) is 4.03. The predicted octanol–water partition coefficient (Wildman–Crippen LogP) is 3.08. The summed E-state index contributed by atoms with van der Waals surface area (Å²) in [5.41, 5.74) is -0.0834. The molecule has 1 aromatic heterocycles. The van der Waals surface area contributed by atoms with E-state index in [-0.39, 0.29) is 17.1 Å². The molecule has 5 rings (SSSR count). The standard InChI is InChI=1S/C22H25N3O3/c26-18-15-22(28-19-6-2-1-5-17(18)19)7-3-12-24(14-10-22)20(27)21(8-9-21)16-25-13-4-11-23-25/h1-2,4-6,11,13H,3,7-10,12,14-16H2. The van der Waals surface area contributed by atoms with Crippen LogP contribution in [0.25, 0.3) is 0 Å². The summed E-state index contributed by atoms with van der Waals surface area (Å²) in [5.74, 6) is 1.08. The van der Waals surface area contributed by atoms with Gasteiger partial charge < -0.3 is 9.64 Å². The van der Waals surface area contributed by atoms with Gasteiger partial charge in [0.25, 0.3) is 0 Å². The number of Topliss-reactive ketones (excluding diaryl/α,β-unsaturated/α-hetero) is 1. The van der Waals surface area contributed by atoms with Gasteiger partial charge in [0.1, 0.15) is 11.4 Å². The third-order valence-electron chi connectivity index (χ3n) is 6.51. The number of likely N-dealkylation sites (tertiary alicyclic amines) is 1. The lowest BCUT2D eigenvalue weighted by Gasteiger charge is -2.37. The van der Waals surface area contributed by atoms with Crippen LogP contribution in [0.3, 0.4) is 0 Å². The number of nitrogens with zero attached hydrogens (tertiary/aromatic N) is 3. The van der Waals surface area contributed by atoms with E-state index in [2.05, 4.69) is 5.10 Å². The topological polar surface area (TPSA) is 64.4 Å². The summed E-state index contributed by atoms with van der Waals surface area (Å²) in [6.45, 7) is 2.04. The highest BCUT2D eigenvalue weighted by Gasteiger charge is 2.53. The molecular weight excluding hydrogens is 354 g/mol. The molecule has 0 N–H and O–H groups in total. The van der Waals surface area contributed by atoms with Gasteiger partial charge in [0.2, 0.25) is 5.91 Å². The van der Waals surface area contributed by atoms with Crippen LogP contribution < -0.4 is 4.74 Å². The molecular formula is C22H25N3O3. The third-order valence-corrected chi connectivity index (χ3v) is 6.51. The Labute approximate surface area is 164 Å². The maximum Gasteiger partial charge on any atom is 0.230 e. The molecule has 1 amide bonds. The number of hydrogen-bond acceptors (Lipinski definition) is 4. The first-order valence-electron chi connectivity index (χ1n) is 10.2. The minimum absolute atomic E-state index is 0.152. The number of ether oxygens (including phenoxy) is 1. The quantitative estimate of drug-likeness (QED) is 0.822. The van der Waals surface area contributed by atoms with E-state index in [0.717, 1.165) is 32.2 Å². The van der Waals surface area contributed by atoms with Gasteiger partial charge in [-0.2, -0.15) is 5.10 Å². The summed E-state index contributed by atoms with van der Waals surface area (Å²) in [6, 6.07) is 9.39. The average molecular weight is 379 g/mol. The van der Waals surface area contributed by atoms with Gasteiger partial charge in [-0.15, -0.1) is 0 Å². The molecule has 0 bridgehead atoms. The third kappa shape index (κ3) is 3.01. The van der Waals surface area contributed by atoms with E-state index >= 15 is 0 Å². The molecule has 1 saturated carbocycles. The second-order valence-electron chi connectivity index (χ2n) is 8.51. The molecule has 1 aliphatic carbocycles. The van der Waals surface area contributed by atoms with Crippen molar-refractivity contribution in [1.29, 1.82) is 0 Å². The second-order valence-corrected chi connectivity index (χ2v) is 8.51. The first-order valence-corrected chi connectivity index (χ1v) is 10.2. The van der Waals surface area contributed by atoms with Gasteiger partial charge in [-0.05, 0) is 43.9 Å². The molecule has 1 spiro atoms. The fourth-order valence-electron chi connectivity index (χ4n) is 4.72. The maximum atomic E-state index is 13.3. The van der Waals surface area contributed by atoms with Crippen LogP contribution in [0.15, 0.2) is 42.7 Å². The van der Waals surface area contributed by atoms with Crippen molar-refractivity contribution in [1.82, 2.24) is 14.7 Å². The van der Waals surface area contributed by atoms with Gasteiger partial charge in [0.05, 0.1) is 23.9 Å². The highest BCUT2D eigenvalue weighted by molar-refractivity contribution is 6.00. The summed E-state index contributed by atoms with van der Waals surface area (Å²) >= 11 is 0. The van der Waals surface area contributed by atoms with E-state index < -0.39 is 5.60 Å². The zero-order valence-corrected chi connectivity index (χ0v) is 16.0. The number of rotatable bonds is 3. The van der Waals surface area contributed by atoms with Crippen LogP contribution >= 0.6 is 0 Å². The number of amides is 1. The summed E-state index contributed by atoms with van der Waals surface area (Å²) in [5, 5.41) is 4.27. The summed E-state index contributed by atoms with van der Waals surface area (Å²) < 4.78 is 8.22. The number of hydrogen-bond donors (Lipinski definition) is 0. The van der Waals surface area contributed by atoms with Crippen LogP contribution in [0.5, 0.6) is 5.75 Å². The lowest BCUT2D eigenvalue weighted by Crippen LogP contribution is -2.44. The van der Waals surface area contributed by atoms with E-state index in [1.807, 2.05) is 46.1 Å². The van der Waals surface area contributed by atoms with Crippen LogP contribution in [0.4, 0.5) is 0 Å². The minimum Gasteiger partial charge on any atom is -0.486 e. The lowest BCUT2D eigenvalue weighted by molar-refractivity contribution is -0.137. The van der Waals surface area contributed by atoms with Gasteiger partial charge in [0, 0.05) is 31.9 Å². The molecule has 6 nitrogen and oxygen atoms in total. The van der Waals surface area contributed by atoms with Crippen molar-refractivity contribution in [2.45, 2.75) is 50.7 Å². The summed E-state index contributed by atoms with van der Waals surface area (Å²) in [4.78, 5) is 27.9. The highest BCUT2D eigenvalue weighted by Crippen LogP contribution is 2.49. The Morgan fingerprint density at radius 3 is 2.75 bits per heavy atom. The first kappa shape index (κ1) is 17.5. The Morgan fingerprint density at radius 2 is 1.96 bits per heavy atom. The fraction of sp³-hybridized carbons (Fsp3) is 0.500. The maximum absolute atomic E-state index is 13.3. The van der Waals surface area contributed by atoms with Crippen LogP contribution in [0, 0.1) is 5.41 Å². The zero-order valence-electron chi connectivity index (χ0n) is 16.0. The molecule has 1 unspecified atom stereocenters. The monoisotopic (exact) mass is 379 g/mol.